The highest BCUT2D eigenvalue weighted by Gasteiger charge is 2.37. The third-order valence-electron chi connectivity index (χ3n) is 4.08. The zero-order valence-electron chi connectivity index (χ0n) is 10.3. The lowest BCUT2D eigenvalue weighted by Crippen LogP contribution is -2.46. The number of hydrogen-bond donors (Lipinski definition) is 0. The van der Waals surface area contributed by atoms with Gasteiger partial charge >= 0.3 is 0 Å². The molecule has 0 aromatic carbocycles. The molecule has 2 aliphatic rings. The molecule has 3 rings (SSSR count). The van der Waals surface area contributed by atoms with Gasteiger partial charge in [0, 0.05) is 13.1 Å². The van der Waals surface area contributed by atoms with Crippen molar-refractivity contribution in [3.63, 3.8) is 0 Å². The van der Waals surface area contributed by atoms with E-state index in [0.717, 1.165) is 32.4 Å². The predicted molar refractivity (Wildman–Crippen MR) is 70.5 cm³/mol. The van der Waals surface area contributed by atoms with E-state index in [9.17, 15) is 4.79 Å². The van der Waals surface area contributed by atoms with Gasteiger partial charge in [-0.1, -0.05) is 16.6 Å². The molecule has 2 heterocycles. The second kappa shape index (κ2) is 4.80. The van der Waals surface area contributed by atoms with Crippen LogP contribution >= 0.6 is 11.5 Å². The Hall–Kier alpha value is -1.23. The molecule has 0 radical (unpaired) electrons. The highest BCUT2D eigenvalue weighted by atomic mass is 32.1. The van der Waals surface area contributed by atoms with Crippen LogP contribution in [0.4, 0.5) is 0 Å². The Kier molecular flexibility index (Phi) is 3.16. The number of hydrogen-bond acceptors (Lipinski definition) is 4. The molecule has 1 saturated heterocycles. The van der Waals surface area contributed by atoms with E-state index in [1.807, 2.05) is 4.90 Å². The standard InChI is InChI=1S/C13H17N3OS/c17-12(11-9-14-15-18-11)16-8-4-7-13(10-16)5-2-1-3-6-13/h1-2,9H,3-8,10H2. The summed E-state index contributed by atoms with van der Waals surface area (Å²) >= 11 is 1.19. The summed E-state index contributed by atoms with van der Waals surface area (Å²) in [6, 6.07) is 0. The van der Waals surface area contributed by atoms with Crippen LogP contribution in [0.15, 0.2) is 18.3 Å². The number of nitrogens with zero attached hydrogens (tertiary/aromatic N) is 3. The summed E-state index contributed by atoms with van der Waals surface area (Å²) in [5.41, 5.74) is 0.334. The molecule has 1 fully saturated rings. The maximum absolute atomic E-state index is 12.3. The van der Waals surface area contributed by atoms with E-state index in [2.05, 4.69) is 21.7 Å². The fourth-order valence-corrected chi connectivity index (χ4v) is 3.60. The minimum Gasteiger partial charge on any atom is -0.337 e. The van der Waals surface area contributed by atoms with Crippen molar-refractivity contribution in [3.8, 4) is 0 Å². The number of likely N-dealkylation sites (tertiary alicyclic amines) is 1. The van der Waals surface area contributed by atoms with Crippen LogP contribution in [-0.2, 0) is 0 Å². The van der Waals surface area contributed by atoms with E-state index in [-0.39, 0.29) is 5.91 Å². The van der Waals surface area contributed by atoms with Crippen molar-refractivity contribution < 1.29 is 4.79 Å². The molecular formula is C13H17N3OS. The minimum absolute atomic E-state index is 0.110. The number of allylic oxidation sites excluding steroid dienone is 2. The number of aromatic nitrogens is 2. The number of rotatable bonds is 1. The van der Waals surface area contributed by atoms with Crippen LogP contribution in [0.1, 0.15) is 41.8 Å². The van der Waals surface area contributed by atoms with Crippen molar-refractivity contribution in [1.82, 2.24) is 14.5 Å². The first-order chi connectivity index (χ1) is 8.79. The van der Waals surface area contributed by atoms with E-state index < -0.39 is 0 Å². The summed E-state index contributed by atoms with van der Waals surface area (Å²) in [5, 5.41) is 3.75. The minimum atomic E-state index is 0.110. The van der Waals surface area contributed by atoms with Gasteiger partial charge in [-0.05, 0) is 49.1 Å². The van der Waals surface area contributed by atoms with Crippen molar-refractivity contribution in [2.45, 2.75) is 32.1 Å². The van der Waals surface area contributed by atoms with Crippen LogP contribution in [0.3, 0.4) is 0 Å². The van der Waals surface area contributed by atoms with Crippen LogP contribution in [0, 0.1) is 5.41 Å². The quantitative estimate of drug-likeness (QED) is 0.731. The SMILES string of the molecule is O=C(c1cnns1)N1CCCC2(CC=CCC2)C1. The van der Waals surface area contributed by atoms with Crippen molar-refractivity contribution in [2.75, 3.05) is 13.1 Å². The highest BCUT2D eigenvalue weighted by molar-refractivity contribution is 7.07. The fourth-order valence-electron chi connectivity index (χ4n) is 3.11. The van der Waals surface area contributed by atoms with Crippen LogP contribution < -0.4 is 0 Å². The molecule has 1 aromatic heterocycles. The molecule has 1 aliphatic carbocycles. The summed E-state index contributed by atoms with van der Waals surface area (Å²) in [5.74, 6) is 0.110. The maximum Gasteiger partial charge on any atom is 0.267 e. The molecule has 1 aliphatic heterocycles. The van der Waals surface area contributed by atoms with Gasteiger partial charge in [-0.2, -0.15) is 0 Å². The Morgan fingerprint density at radius 1 is 1.39 bits per heavy atom. The average Bonchev–Trinajstić information content (AvgIpc) is 2.93. The van der Waals surface area contributed by atoms with E-state index in [0.29, 0.717) is 10.3 Å². The molecule has 1 atom stereocenters. The van der Waals surface area contributed by atoms with Crippen LogP contribution in [-0.4, -0.2) is 33.5 Å². The van der Waals surface area contributed by atoms with Crippen LogP contribution in [0.2, 0.25) is 0 Å². The molecule has 1 amide bonds. The topological polar surface area (TPSA) is 46.1 Å². The number of carbonyl (C=O) groups is 1. The van der Waals surface area contributed by atoms with E-state index >= 15 is 0 Å². The molecule has 1 unspecified atom stereocenters. The number of amides is 1. The van der Waals surface area contributed by atoms with Crippen LogP contribution in [0.25, 0.3) is 0 Å². The first-order valence-electron chi connectivity index (χ1n) is 6.51. The third kappa shape index (κ3) is 2.19. The van der Waals surface area contributed by atoms with Crippen molar-refractivity contribution in [2.24, 2.45) is 5.41 Å². The lowest BCUT2D eigenvalue weighted by molar-refractivity contribution is 0.0488. The summed E-state index contributed by atoms with van der Waals surface area (Å²) in [6.45, 7) is 1.77. The largest absolute Gasteiger partial charge is 0.337 e. The first kappa shape index (κ1) is 11.8. The smallest absolute Gasteiger partial charge is 0.267 e. The molecule has 1 spiro atoms. The Balaban J connectivity index is 1.74. The van der Waals surface area contributed by atoms with Crippen molar-refractivity contribution >= 4 is 17.4 Å². The van der Waals surface area contributed by atoms with E-state index in [1.54, 1.807) is 6.20 Å². The Morgan fingerprint density at radius 2 is 2.33 bits per heavy atom. The van der Waals surface area contributed by atoms with Gasteiger partial charge in [-0.15, -0.1) is 5.10 Å². The normalized spacial score (nSPS) is 27.7. The van der Waals surface area contributed by atoms with Gasteiger partial charge in [-0.25, -0.2) is 0 Å². The monoisotopic (exact) mass is 263 g/mol. The van der Waals surface area contributed by atoms with Gasteiger partial charge in [0.1, 0.15) is 4.88 Å². The Morgan fingerprint density at radius 3 is 3.06 bits per heavy atom. The third-order valence-corrected chi connectivity index (χ3v) is 4.73. The van der Waals surface area contributed by atoms with Gasteiger partial charge in [0.2, 0.25) is 0 Å². The molecule has 4 nitrogen and oxygen atoms in total. The zero-order valence-corrected chi connectivity index (χ0v) is 11.2. The zero-order chi connectivity index (χ0) is 12.4. The van der Waals surface area contributed by atoms with Crippen molar-refractivity contribution in [1.29, 1.82) is 0 Å². The lowest BCUT2D eigenvalue weighted by Gasteiger charge is -2.43. The van der Waals surface area contributed by atoms with E-state index in [1.165, 1.54) is 24.4 Å². The van der Waals surface area contributed by atoms with Gasteiger partial charge < -0.3 is 4.90 Å². The molecule has 96 valence electrons. The van der Waals surface area contributed by atoms with Gasteiger partial charge in [0.25, 0.3) is 5.91 Å². The molecule has 0 bridgehead atoms. The molecule has 0 N–H and O–H groups in total. The highest BCUT2D eigenvalue weighted by Crippen LogP contribution is 2.41. The summed E-state index contributed by atoms with van der Waals surface area (Å²) in [4.78, 5) is 15.0. The first-order valence-corrected chi connectivity index (χ1v) is 7.28. The maximum atomic E-state index is 12.3. The Bertz CT molecular complexity index is 457. The van der Waals surface area contributed by atoms with Gasteiger partial charge in [0.05, 0.1) is 6.20 Å². The molecule has 5 heteroatoms. The molecule has 1 aromatic rings. The molecular weight excluding hydrogens is 246 g/mol. The second-order valence-electron chi connectivity index (χ2n) is 5.33. The fraction of sp³-hybridized carbons (Fsp3) is 0.615. The van der Waals surface area contributed by atoms with E-state index in [4.69, 9.17) is 0 Å². The predicted octanol–water partition coefficient (Wildman–Crippen LogP) is 2.50. The van der Waals surface area contributed by atoms with Crippen LogP contribution in [0.5, 0.6) is 0 Å². The summed E-state index contributed by atoms with van der Waals surface area (Å²) in [7, 11) is 0. The average molecular weight is 263 g/mol. The molecule has 0 saturated carbocycles. The van der Waals surface area contributed by atoms with Crippen molar-refractivity contribution in [3.05, 3.63) is 23.2 Å². The summed E-state index contributed by atoms with van der Waals surface area (Å²) in [6.07, 6.45) is 12.0. The second-order valence-corrected chi connectivity index (χ2v) is 6.11. The molecule has 18 heavy (non-hydrogen) atoms. The van der Waals surface area contributed by atoms with Gasteiger partial charge in [0.15, 0.2) is 0 Å². The summed E-state index contributed by atoms with van der Waals surface area (Å²) < 4.78 is 3.78. The number of piperidine rings is 1. The lowest BCUT2D eigenvalue weighted by atomic mass is 9.71. The van der Waals surface area contributed by atoms with Gasteiger partial charge in [-0.3, -0.25) is 4.79 Å². The number of carbonyl (C=O) groups excluding carboxylic acids is 1. The Labute approximate surface area is 111 Å².